The first-order chi connectivity index (χ1) is 14.0. The van der Waals surface area contributed by atoms with Crippen LogP contribution in [0.3, 0.4) is 0 Å². The van der Waals surface area contributed by atoms with Crippen molar-refractivity contribution in [3.05, 3.63) is 57.6 Å². The normalized spacial score (nSPS) is 12.5. The van der Waals surface area contributed by atoms with Crippen LogP contribution in [0.2, 0.25) is 0 Å². The van der Waals surface area contributed by atoms with Crippen LogP contribution >= 0.6 is 0 Å². The van der Waals surface area contributed by atoms with Gasteiger partial charge in [0.05, 0.1) is 18.0 Å². The average molecular weight is 433 g/mol. The van der Waals surface area contributed by atoms with Crippen molar-refractivity contribution in [2.75, 3.05) is 13.7 Å². The molecule has 0 spiro atoms. The summed E-state index contributed by atoms with van der Waals surface area (Å²) >= 11 is 0. The van der Waals surface area contributed by atoms with Crippen LogP contribution in [0.15, 0.2) is 29.2 Å². The molecule has 0 aromatic heterocycles. The molecule has 0 unspecified atom stereocenters. The molecule has 0 aliphatic rings. The van der Waals surface area contributed by atoms with E-state index in [2.05, 4.69) is 10.0 Å². The number of carbonyl (C=O) groups excluding carboxylic acids is 1. The number of benzene rings is 2. The first-order valence-electron chi connectivity index (χ1n) is 9.99. The highest BCUT2D eigenvalue weighted by molar-refractivity contribution is 7.89. The van der Waals surface area contributed by atoms with E-state index < -0.39 is 16.1 Å². The van der Waals surface area contributed by atoms with Crippen molar-refractivity contribution in [2.24, 2.45) is 0 Å². The number of hydrogen-bond donors (Lipinski definition) is 2. The molecule has 1 atom stereocenters. The molecule has 1 amide bonds. The van der Waals surface area contributed by atoms with E-state index in [0.717, 1.165) is 28.0 Å². The Hall–Kier alpha value is -2.38. The molecule has 0 fully saturated rings. The maximum Gasteiger partial charge on any atom is 0.241 e. The second-order valence-electron chi connectivity index (χ2n) is 7.79. The molecule has 6 nitrogen and oxygen atoms in total. The highest BCUT2D eigenvalue weighted by Gasteiger charge is 2.26. The molecule has 2 aromatic carbocycles. The second kappa shape index (κ2) is 9.62. The molecule has 0 heterocycles. The standard InChI is InChI=1S/C23H32N2O4S/c1-14-8-9-21(29-7)20(12-14)10-11-24-23(26)19(6)25-30(27,28)22-17(4)15(2)13-16(3)18(22)5/h8-9,12-13,19,25H,10-11H2,1-7H3,(H,24,26)/t19-/m0/s1. The second-order valence-corrected chi connectivity index (χ2v) is 9.44. The molecule has 0 bridgehead atoms. The van der Waals surface area contributed by atoms with Crippen molar-refractivity contribution in [3.8, 4) is 5.75 Å². The first-order valence-corrected chi connectivity index (χ1v) is 11.5. The largest absolute Gasteiger partial charge is 0.496 e. The van der Waals surface area contributed by atoms with Gasteiger partial charge < -0.3 is 10.1 Å². The average Bonchev–Trinajstić information content (AvgIpc) is 2.66. The van der Waals surface area contributed by atoms with Gasteiger partial charge in [-0.3, -0.25) is 4.79 Å². The Balaban J connectivity index is 2.07. The fourth-order valence-electron chi connectivity index (χ4n) is 3.51. The Morgan fingerprint density at radius 2 is 1.63 bits per heavy atom. The Bertz CT molecular complexity index is 1020. The van der Waals surface area contributed by atoms with E-state index in [9.17, 15) is 13.2 Å². The van der Waals surface area contributed by atoms with Gasteiger partial charge in [-0.15, -0.1) is 0 Å². The quantitative estimate of drug-likeness (QED) is 0.671. The lowest BCUT2D eigenvalue weighted by Gasteiger charge is -2.19. The number of methoxy groups -OCH3 is 1. The number of amides is 1. The molecule has 2 N–H and O–H groups in total. The van der Waals surface area contributed by atoms with Gasteiger partial charge in [0, 0.05) is 6.54 Å². The van der Waals surface area contributed by atoms with Crippen LogP contribution in [-0.4, -0.2) is 34.0 Å². The van der Waals surface area contributed by atoms with Crippen LogP contribution in [0.1, 0.15) is 40.3 Å². The third-order valence-electron chi connectivity index (χ3n) is 5.42. The summed E-state index contributed by atoms with van der Waals surface area (Å²) in [5.74, 6) is 0.397. The van der Waals surface area contributed by atoms with Crippen LogP contribution in [0.25, 0.3) is 0 Å². The molecule has 0 aliphatic heterocycles. The molecule has 164 valence electrons. The van der Waals surface area contributed by atoms with Crippen molar-refractivity contribution in [2.45, 2.75) is 58.9 Å². The van der Waals surface area contributed by atoms with E-state index in [4.69, 9.17) is 4.74 Å². The first kappa shape index (κ1) is 23.9. The smallest absolute Gasteiger partial charge is 0.241 e. The van der Waals surface area contributed by atoms with Crippen molar-refractivity contribution >= 4 is 15.9 Å². The molecule has 0 aliphatic carbocycles. The van der Waals surface area contributed by atoms with E-state index in [1.807, 2.05) is 45.0 Å². The van der Waals surface area contributed by atoms with Gasteiger partial charge in [-0.2, -0.15) is 4.72 Å². The van der Waals surface area contributed by atoms with Gasteiger partial charge in [0.1, 0.15) is 5.75 Å². The molecule has 0 radical (unpaired) electrons. The Labute approximate surface area is 180 Å². The van der Waals surface area contributed by atoms with Gasteiger partial charge in [0.25, 0.3) is 0 Å². The highest BCUT2D eigenvalue weighted by atomic mass is 32.2. The van der Waals surface area contributed by atoms with Crippen molar-refractivity contribution in [1.29, 1.82) is 0 Å². The van der Waals surface area contributed by atoms with Crippen LogP contribution in [-0.2, 0) is 21.2 Å². The molecule has 2 aromatic rings. The summed E-state index contributed by atoms with van der Waals surface area (Å²) in [4.78, 5) is 12.8. The minimum atomic E-state index is -3.84. The SMILES string of the molecule is COc1ccc(C)cc1CCNC(=O)[C@H](C)NS(=O)(=O)c1c(C)c(C)cc(C)c1C. The van der Waals surface area contributed by atoms with Gasteiger partial charge in [-0.25, -0.2) is 8.42 Å². The molecule has 2 rings (SSSR count). The van der Waals surface area contributed by atoms with Gasteiger partial charge in [-0.1, -0.05) is 23.8 Å². The lowest BCUT2D eigenvalue weighted by atomic mass is 10.0. The zero-order chi connectivity index (χ0) is 22.6. The van der Waals surface area contributed by atoms with E-state index in [0.29, 0.717) is 24.1 Å². The highest BCUT2D eigenvalue weighted by Crippen LogP contribution is 2.26. The predicted molar refractivity (Wildman–Crippen MR) is 120 cm³/mol. The fourth-order valence-corrected chi connectivity index (χ4v) is 5.32. The number of carbonyl (C=O) groups is 1. The van der Waals surface area contributed by atoms with Crippen LogP contribution in [0.5, 0.6) is 5.75 Å². The van der Waals surface area contributed by atoms with E-state index in [1.165, 1.54) is 0 Å². The third-order valence-corrected chi connectivity index (χ3v) is 7.23. The Morgan fingerprint density at radius 3 is 2.20 bits per heavy atom. The molecule has 0 saturated heterocycles. The van der Waals surface area contributed by atoms with Crippen LogP contribution in [0, 0.1) is 34.6 Å². The molecule has 0 saturated carbocycles. The van der Waals surface area contributed by atoms with E-state index in [-0.39, 0.29) is 10.8 Å². The van der Waals surface area contributed by atoms with Gasteiger partial charge >= 0.3 is 0 Å². The van der Waals surface area contributed by atoms with Gasteiger partial charge in [0.15, 0.2) is 0 Å². The number of ether oxygens (including phenoxy) is 1. The van der Waals surface area contributed by atoms with Crippen LogP contribution < -0.4 is 14.8 Å². The molecule has 7 heteroatoms. The number of aryl methyl sites for hydroxylation is 3. The Morgan fingerprint density at radius 1 is 1.03 bits per heavy atom. The lowest BCUT2D eigenvalue weighted by Crippen LogP contribution is -2.45. The third kappa shape index (κ3) is 5.40. The predicted octanol–water partition coefficient (Wildman–Crippen LogP) is 3.26. The minimum Gasteiger partial charge on any atom is -0.496 e. The zero-order valence-electron chi connectivity index (χ0n) is 18.8. The van der Waals surface area contributed by atoms with Crippen molar-refractivity contribution in [1.82, 2.24) is 10.0 Å². The van der Waals surface area contributed by atoms with Crippen molar-refractivity contribution < 1.29 is 17.9 Å². The van der Waals surface area contributed by atoms with E-state index in [1.54, 1.807) is 27.9 Å². The van der Waals surface area contributed by atoms with Gasteiger partial charge in [0.2, 0.25) is 15.9 Å². The zero-order valence-corrected chi connectivity index (χ0v) is 19.7. The summed E-state index contributed by atoms with van der Waals surface area (Å²) in [7, 11) is -2.22. The number of rotatable bonds is 8. The maximum atomic E-state index is 13.0. The maximum absolute atomic E-state index is 13.0. The molecule has 30 heavy (non-hydrogen) atoms. The van der Waals surface area contributed by atoms with Crippen molar-refractivity contribution in [3.63, 3.8) is 0 Å². The summed E-state index contributed by atoms with van der Waals surface area (Å²) in [5, 5.41) is 2.81. The van der Waals surface area contributed by atoms with Crippen LogP contribution in [0.4, 0.5) is 0 Å². The summed E-state index contributed by atoms with van der Waals surface area (Å²) < 4.78 is 33.9. The topological polar surface area (TPSA) is 84.5 Å². The minimum absolute atomic E-state index is 0.254. The summed E-state index contributed by atoms with van der Waals surface area (Å²) in [6, 6.07) is 6.96. The Kier molecular flexibility index (Phi) is 7.66. The summed E-state index contributed by atoms with van der Waals surface area (Å²) in [6.07, 6.45) is 0.589. The number of hydrogen-bond acceptors (Lipinski definition) is 4. The summed E-state index contributed by atoms with van der Waals surface area (Å²) in [6.45, 7) is 11.3. The van der Waals surface area contributed by atoms with E-state index >= 15 is 0 Å². The monoisotopic (exact) mass is 432 g/mol. The summed E-state index contributed by atoms with van der Waals surface area (Å²) in [5.41, 5.74) is 5.31. The molecular formula is C23H32N2O4S. The number of nitrogens with one attached hydrogen (secondary N) is 2. The molecular weight excluding hydrogens is 400 g/mol. The van der Waals surface area contributed by atoms with Gasteiger partial charge in [-0.05, 0) is 81.8 Å². The fraction of sp³-hybridized carbons (Fsp3) is 0.435. The number of sulfonamides is 1. The lowest BCUT2D eigenvalue weighted by molar-refractivity contribution is -0.122.